The van der Waals surface area contributed by atoms with Crippen LogP contribution in [0.3, 0.4) is 0 Å². The highest BCUT2D eigenvalue weighted by atomic mass is 19.1. The Morgan fingerprint density at radius 3 is 2.59 bits per heavy atom. The topological polar surface area (TPSA) is 38.3 Å². The standard InChI is InChI=1S/C23H28FNO2/c1-2-22(27-21-14-11-18-7-3-4-8-19(18)16-21)23(26)25-15-5-6-17-9-12-20(24)13-10-17/h9-14,16,22H,2-8,15H2,1H3,(H,25,26)/t22-/m1/s1. The van der Waals surface area contributed by atoms with E-state index < -0.39 is 6.10 Å². The van der Waals surface area contributed by atoms with E-state index in [0.29, 0.717) is 13.0 Å². The molecule has 3 nitrogen and oxygen atoms in total. The molecule has 0 heterocycles. The summed E-state index contributed by atoms with van der Waals surface area (Å²) in [4.78, 5) is 12.4. The van der Waals surface area contributed by atoms with Crippen LogP contribution in [0.2, 0.25) is 0 Å². The van der Waals surface area contributed by atoms with Crippen LogP contribution in [0.15, 0.2) is 42.5 Å². The lowest BCUT2D eigenvalue weighted by Crippen LogP contribution is -2.38. The smallest absolute Gasteiger partial charge is 0.261 e. The molecule has 1 amide bonds. The molecule has 0 saturated heterocycles. The van der Waals surface area contributed by atoms with Crippen LogP contribution < -0.4 is 10.1 Å². The number of nitrogens with one attached hydrogen (secondary N) is 1. The lowest BCUT2D eigenvalue weighted by atomic mass is 9.92. The fourth-order valence-corrected chi connectivity index (χ4v) is 3.54. The summed E-state index contributed by atoms with van der Waals surface area (Å²) >= 11 is 0. The third kappa shape index (κ3) is 5.56. The number of amides is 1. The second kappa shape index (κ2) is 9.54. The van der Waals surface area contributed by atoms with Crippen LogP contribution in [0.5, 0.6) is 5.75 Å². The van der Waals surface area contributed by atoms with Gasteiger partial charge in [0, 0.05) is 6.54 Å². The molecule has 1 N–H and O–H groups in total. The highest BCUT2D eigenvalue weighted by Gasteiger charge is 2.19. The highest BCUT2D eigenvalue weighted by molar-refractivity contribution is 5.81. The first-order valence-corrected chi connectivity index (χ1v) is 9.96. The number of carbonyl (C=O) groups is 1. The van der Waals surface area contributed by atoms with Crippen LogP contribution in [-0.2, 0) is 24.1 Å². The number of ether oxygens (including phenoxy) is 1. The van der Waals surface area contributed by atoms with Gasteiger partial charge in [-0.05, 0) is 85.9 Å². The predicted molar refractivity (Wildman–Crippen MR) is 106 cm³/mol. The summed E-state index contributed by atoms with van der Waals surface area (Å²) in [7, 11) is 0. The molecule has 0 aromatic heterocycles. The van der Waals surface area contributed by atoms with Gasteiger partial charge in [-0.15, -0.1) is 0 Å². The minimum atomic E-state index is -0.475. The molecule has 144 valence electrons. The fourth-order valence-electron chi connectivity index (χ4n) is 3.54. The molecule has 0 radical (unpaired) electrons. The van der Waals surface area contributed by atoms with Crippen molar-refractivity contribution in [1.82, 2.24) is 5.32 Å². The maximum atomic E-state index is 12.9. The van der Waals surface area contributed by atoms with E-state index in [4.69, 9.17) is 4.74 Å². The monoisotopic (exact) mass is 369 g/mol. The van der Waals surface area contributed by atoms with E-state index in [2.05, 4.69) is 17.4 Å². The molecule has 27 heavy (non-hydrogen) atoms. The van der Waals surface area contributed by atoms with Gasteiger partial charge in [-0.3, -0.25) is 4.79 Å². The maximum Gasteiger partial charge on any atom is 0.261 e. The summed E-state index contributed by atoms with van der Waals surface area (Å²) in [6.07, 6.45) is 6.49. The predicted octanol–water partition coefficient (Wildman–Crippen LogP) is 4.61. The summed E-state index contributed by atoms with van der Waals surface area (Å²) < 4.78 is 18.9. The molecule has 1 aliphatic rings. The first-order chi connectivity index (χ1) is 13.2. The molecular formula is C23H28FNO2. The molecule has 4 heteroatoms. The molecule has 0 aliphatic heterocycles. The average Bonchev–Trinajstić information content (AvgIpc) is 2.70. The van der Waals surface area contributed by atoms with E-state index in [-0.39, 0.29) is 11.7 Å². The van der Waals surface area contributed by atoms with Gasteiger partial charge in [-0.1, -0.05) is 25.1 Å². The Kier molecular flexibility index (Phi) is 6.86. The largest absolute Gasteiger partial charge is 0.481 e. The molecule has 0 bridgehead atoms. The molecule has 0 fully saturated rings. The van der Waals surface area contributed by atoms with E-state index in [1.807, 2.05) is 13.0 Å². The van der Waals surface area contributed by atoms with Gasteiger partial charge in [0.1, 0.15) is 11.6 Å². The van der Waals surface area contributed by atoms with Crippen molar-refractivity contribution in [2.45, 2.75) is 58.0 Å². The quantitative estimate of drug-likeness (QED) is 0.690. The number of hydrogen-bond acceptors (Lipinski definition) is 2. The first-order valence-electron chi connectivity index (χ1n) is 9.96. The van der Waals surface area contributed by atoms with Gasteiger partial charge in [0.25, 0.3) is 5.91 Å². The Hall–Kier alpha value is -2.36. The fraction of sp³-hybridized carbons (Fsp3) is 0.435. The van der Waals surface area contributed by atoms with Crippen molar-refractivity contribution in [1.29, 1.82) is 0 Å². The molecule has 2 aromatic rings. The number of aryl methyl sites for hydroxylation is 3. The molecule has 3 rings (SSSR count). The number of carbonyl (C=O) groups excluding carboxylic acids is 1. The minimum Gasteiger partial charge on any atom is -0.481 e. The lowest BCUT2D eigenvalue weighted by molar-refractivity contribution is -0.128. The van der Waals surface area contributed by atoms with Gasteiger partial charge in [0.05, 0.1) is 0 Å². The van der Waals surface area contributed by atoms with Crippen LogP contribution in [0.25, 0.3) is 0 Å². The van der Waals surface area contributed by atoms with Crippen LogP contribution in [-0.4, -0.2) is 18.6 Å². The number of fused-ring (bicyclic) bond motifs is 1. The Morgan fingerprint density at radius 2 is 1.85 bits per heavy atom. The highest BCUT2D eigenvalue weighted by Crippen LogP contribution is 2.26. The van der Waals surface area contributed by atoms with Crippen molar-refractivity contribution >= 4 is 5.91 Å². The van der Waals surface area contributed by atoms with E-state index in [9.17, 15) is 9.18 Å². The zero-order chi connectivity index (χ0) is 19.1. The molecule has 2 aromatic carbocycles. The SMILES string of the molecule is CC[C@@H](Oc1ccc2c(c1)CCCC2)C(=O)NCCCc1ccc(F)cc1. The Labute approximate surface area is 160 Å². The summed E-state index contributed by atoms with van der Waals surface area (Å²) in [6, 6.07) is 12.7. The van der Waals surface area contributed by atoms with Crippen molar-refractivity contribution in [3.05, 3.63) is 65.0 Å². The number of benzene rings is 2. The Morgan fingerprint density at radius 1 is 1.11 bits per heavy atom. The van der Waals surface area contributed by atoms with Crippen molar-refractivity contribution in [2.75, 3.05) is 6.54 Å². The summed E-state index contributed by atoms with van der Waals surface area (Å²) in [5.41, 5.74) is 3.84. The van der Waals surface area contributed by atoms with Gasteiger partial charge >= 0.3 is 0 Å². The molecule has 1 aliphatic carbocycles. The third-order valence-corrected chi connectivity index (χ3v) is 5.12. The lowest BCUT2D eigenvalue weighted by Gasteiger charge is -2.20. The van der Waals surface area contributed by atoms with Crippen LogP contribution in [0.1, 0.15) is 49.3 Å². The van der Waals surface area contributed by atoms with Crippen molar-refractivity contribution in [3.63, 3.8) is 0 Å². The number of halogens is 1. The normalized spacial score (nSPS) is 14.3. The van der Waals surface area contributed by atoms with Crippen molar-refractivity contribution in [3.8, 4) is 5.75 Å². The second-order valence-corrected chi connectivity index (χ2v) is 7.17. The zero-order valence-electron chi connectivity index (χ0n) is 16.0. The summed E-state index contributed by atoms with van der Waals surface area (Å²) in [5, 5.41) is 2.96. The second-order valence-electron chi connectivity index (χ2n) is 7.17. The average molecular weight is 369 g/mol. The minimum absolute atomic E-state index is 0.0747. The summed E-state index contributed by atoms with van der Waals surface area (Å²) in [5.74, 6) is 0.482. The van der Waals surface area contributed by atoms with Gasteiger partial charge < -0.3 is 10.1 Å². The molecular weight excluding hydrogens is 341 g/mol. The number of rotatable bonds is 8. The first kappa shape index (κ1) is 19.4. The van der Waals surface area contributed by atoms with Gasteiger partial charge in [0.15, 0.2) is 6.10 Å². The summed E-state index contributed by atoms with van der Waals surface area (Å²) in [6.45, 7) is 2.54. The van der Waals surface area contributed by atoms with Gasteiger partial charge in [0.2, 0.25) is 0 Å². The van der Waals surface area contributed by atoms with Crippen LogP contribution in [0, 0.1) is 5.82 Å². The Bertz CT molecular complexity index is 757. The van der Waals surface area contributed by atoms with E-state index in [1.54, 1.807) is 12.1 Å². The Balaban J connectivity index is 1.46. The zero-order valence-corrected chi connectivity index (χ0v) is 16.0. The van der Waals surface area contributed by atoms with E-state index in [1.165, 1.54) is 36.1 Å². The number of hydrogen-bond donors (Lipinski definition) is 1. The van der Waals surface area contributed by atoms with E-state index in [0.717, 1.165) is 37.0 Å². The van der Waals surface area contributed by atoms with Crippen LogP contribution in [0.4, 0.5) is 4.39 Å². The third-order valence-electron chi connectivity index (χ3n) is 5.12. The molecule has 1 atom stereocenters. The van der Waals surface area contributed by atoms with Crippen molar-refractivity contribution < 1.29 is 13.9 Å². The van der Waals surface area contributed by atoms with Crippen LogP contribution >= 0.6 is 0 Å². The maximum absolute atomic E-state index is 12.9. The van der Waals surface area contributed by atoms with Gasteiger partial charge in [-0.25, -0.2) is 4.39 Å². The van der Waals surface area contributed by atoms with Crippen molar-refractivity contribution in [2.24, 2.45) is 0 Å². The van der Waals surface area contributed by atoms with E-state index >= 15 is 0 Å². The molecule has 0 unspecified atom stereocenters. The van der Waals surface area contributed by atoms with Gasteiger partial charge in [-0.2, -0.15) is 0 Å². The molecule has 0 spiro atoms. The molecule has 0 saturated carbocycles.